The molecule has 1 aromatic carbocycles. The molecule has 0 saturated carbocycles. The van der Waals surface area contributed by atoms with Gasteiger partial charge in [0.1, 0.15) is 5.82 Å². The zero-order valence-corrected chi connectivity index (χ0v) is 17.1. The molecule has 1 aliphatic heterocycles. The number of aryl methyl sites for hydroxylation is 3. The molecule has 0 bridgehead atoms. The molecule has 0 aliphatic carbocycles. The Morgan fingerprint density at radius 3 is 2.59 bits per heavy atom. The van der Waals surface area contributed by atoms with E-state index in [1.54, 1.807) is 6.20 Å². The van der Waals surface area contributed by atoms with E-state index in [0.29, 0.717) is 6.54 Å². The normalized spacial score (nSPS) is 16.7. The second kappa shape index (κ2) is 8.03. The van der Waals surface area contributed by atoms with Gasteiger partial charge in [-0.05, 0) is 57.4 Å². The van der Waals surface area contributed by atoms with Crippen molar-refractivity contribution in [1.82, 2.24) is 19.7 Å². The molecule has 3 aromatic rings. The molecule has 1 fully saturated rings. The Morgan fingerprint density at radius 2 is 1.90 bits per heavy atom. The number of carbonyl (C=O) groups is 1. The van der Waals surface area contributed by atoms with E-state index in [4.69, 9.17) is 0 Å². The van der Waals surface area contributed by atoms with Gasteiger partial charge in [-0.2, -0.15) is 0 Å². The Bertz CT molecular complexity index is 1010. The highest BCUT2D eigenvalue weighted by atomic mass is 16.1. The number of hydrogen-bond acceptors (Lipinski definition) is 5. The summed E-state index contributed by atoms with van der Waals surface area (Å²) in [7, 11) is 0. The Hall–Kier alpha value is -3.22. The van der Waals surface area contributed by atoms with Crippen LogP contribution in [0.5, 0.6) is 0 Å². The van der Waals surface area contributed by atoms with Crippen LogP contribution in [-0.4, -0.2) is 38.7 Å². The maximum atomic E-state index is 12.8. The van der Waals surface area contributed by atoms with E-state index < -0.39 is 0 Å². The number of benzene rings is 1. The van der Waals surface area contributed by atoms with Gasteiger partial charge in [0.05, 0.1) is 5.92 Å². The quantitative estimate of drug-likeness (QED) is 0.738. The molecule has 29 heavy (non-hydrogen) atoms. The number of nitrogens with one attached hydrogen (secondary N) is 1. The first kappa shape index (κ1) is 19.1. The standard InChI is InChI=1S/C22H26N6O/c1-15-6-7-19(16(2)13-15)24-22(29)18-5-4-11-27(14-18)20-8-9-21(26-25-20)28-12-10-23-17(28)3/h6-10,12-13,18H,4-5,11,14H2,1-3H3,(H,24,29). The Balaban J connectivity index is 1.44. The SMILES string of the molecule is Cc1ccc(NC(=O)C2CCCN(c3ccc(-n4ccnc4C)nn3)C2)c(C)c1. The van der Waals surface area contributed by atoms with Crippen molar-refractivity contribution in [3.05, 3.63) is 59.7 Å². The summed E-state index contributed by atoms with van der Waals surface area (Å²) in [6.07, 6.45) is 5.45. The van der Waals surface area contributed by atoms with E-state index in [1.165, 1.54) is 5.56 Å². The minimum Gasteiger partial charge on any atom is -0.354 e. The molecule has 1 N–H and O–H groups in total. The van der Waals surface area contributed by atoms with Gasteiger partial charge in [-0.25, -0.2) is 4.98 Å². The smallest absolute Gasteiger partial charge is 0.229 e. The number of aromatic nitrogens is 4. The molecular formula is C22H26N6O. The summed E-state index contributed by atoms with van der Waals surface area (Å²) in [5.74, 6) is 2.41. The largest absolute Gasteiger partial charge is 0.354 e. The predicted molar refractivity (Wildman–Crippen MR) is 113 cm³/mol. The van der Waals surface area contributed by atoms with Crippen molar-refractivity contribution >= 4 is 17.4 Å². The fraction of sp³-hybridized carbons (Fsp3) is 0.364. The van der Waals surface area contributed by atoms with E-state index in [9.17, 15) is 4.79 Å². The van der Waals surface area contributed by atoms with Crippen molar-refractivity contribution in [2.45, 2.75) is 33.6 Å². The average Bonchev–Trinajstić information content (AvgIpc) is 3.16. The lowest BCUT2D eigenvalue weighted by Crippen LogP contribution is -2.41. The topological polar surface area (TPSA) is 75.9 Å². The molecule has 1 amide bonds. The Morgan fingerprint density at radius 1 is 1.10 bits per heavy atom. The fourth-order valence-corrected chi connectivity index (χ4v) is 3.82. The molecule has 0 radical (unpaired) electrons. The minimum absolute atomic E-state index is 0.0678. The predicted octanol–water partition coefficient (Wildman–Crippen LogP) is 3.44. The summed E-state index contributed by atoms with van der Waals surface area (Å²) in [6, 6.07) is 9.99. The van der Waals surface area contributed by atoms with Gasteiger partial charge in [0.2, 0.25) is 5.91 Å². The number of anilines is 2. The van der Waals surface area contributed by atoms with Crippen LogP contribution in [0.4, 0.5) is 11.5 Å². The van der Waals surface area contributed by atoms with Gasteiger partial charge in [-0.1, -0.05) is 17.7 Å². The second-order valence-corrected chi connectivity index (χ2v) is 7.69. The van der Waals surface area contributed by atoms with Gasteiger partial charge >= 0.3 is 0 Å². The van der Waals surface area contributed by atoms with Crippen molar-refractivity contribution in [3.63, 3.8) is 0 Å². The molecule has 150 valence electrons. The number of carbonyl (C=O) groups excluding carboxylic acids is 1. The Kier molecular flexibility index (Phi) is 5.29. The molecule has 7 heteroatoms. The molecule has 4 rings (SSSR count). The van der Waals surface area contributed by atoms with Crippen LogP contribution in [0.3, 0.4) is 0 Å². The number of nitrogens with zero attached hydrogens (tertiary/aromatic N) is 5. The van der Waals surface area contributed by atoms with E-state index in [-0.39, 0.29) is 11.8 Å². The Labute approximate surface area is 170 Å². The lowest BCUT2D eigenvalue weighted by Gasteiger charge is -2.32. The maximum Gasteiger partial charge on any atom is 0.229 e. The van der Waals surface area contributed by atoms with E-state index in [2.05, 4.69) is 38.4 Å². The molecular weight excluding hydrogens is 364 g/mol. The van der Waals surface area contributed by atoms with Crippen molar-refractivity contribution < 1.29 is 4.79 Å². The number of piperidine rings is 1. The van der Waals surface area contributed by atoms with E-state index in [1.807, 2.05) is 48.9 Å². The number of rotatable bonds is 4. The summed E-state index contributed by atoms with van der Waals surface area (Å²) in [5.41, 5.74) is 3.16. The summed E-state index contributed by atoms with van der Waals surface area (Å²) in [5, 5.41) is 11.8. The van der Waals surface area contributed by atoms with Crippen LogP contribution in [0.25, 0.3) is 5.82 Å². The van der Waals surface area contributed by atoms with Crippen LogP contribution in [-0.2, 0) is 4.79 Å². The molecule has 3 heterocycles. The van der Waals surface area contributed by atoms with Gasteiger partial charge in [0.15, 0.2) is 11.6 Å². The highest BCUT2D eigenvalue weighted by Gasteiger charge is 2.27. The van der Waals surface area contributed by atoms with Crippen LogP contribution in [0.2, 0.25) is 0 Å². The first-order chi connectivity index (χ1) is 14.0. The number of hydrogen-bond donors (Lipinski definition) is 1. The highest BCUT2D eigenvalue weighted by Crippen LogP contribution is 2.24. The lowest BCUT2D eigenvalue weighted by atomic mass is 9.96. The molecule has 1 unspecified atom stereocenters. The van der Waals surface area contributed by atoms with Gasteiger partial charge in [-0.3, -0.25) is 9.36 Å². The molecule has 0 spiro atoms. The summed E-state index contributed by atoms with van der Waals surface area (Å²) >= 11 is 0. The average molecular weight is 390 g/mol. The monoisotopic (exact) mass is 390 g/mol. The zero-order valence-electron chi connectivity index (χ0n) is 17.1. The van der Waals surface area contributed by atoms with Crippen LogP contribution >= 0.6 is 0 Å². The van der Waals surface area contributed by atoms with Gasteiger partial charge in [-0.15, -0.1) is 10.2 Å². The lowest BCUT2D eigenvalue weighted by molar-refractivity contribution is -0.120. The first-order valence-electron chi connectivity index (χ1n) is 9.98. The van der Waals surface area contributed by atoms with Crippen molar-refractivity contribution in [2.24, 2.45) is 5.92 Å². The van der Waals surface area contributed by atoms with Crippen LogP contribution in [0, 0.1) is 26.7 Å². The van der Waals surface area contributed by atoms with Gasteiger partial charge < -0.3 is 10.2 Å². The second-order valence-electron chi connectivity index (χ2n) is 7.69. The summed E-state index contributed by atoms with van der Waals surface area (Å²) in [4.78, 5) is 19.2. The third kappa shape index (κ3) is 4.13. The third-order valence-electron chi connectivity index (χ3n) is 5.46. The maximum absolute atomic E-state index is 12.8. The van der Waals surface area contributed by atoms with Crippen molar-refractivity contribution in [3.8, 4) is 5.82 Å². The van der Waals surface area contributed by atoms with E-state index in [0.717, 1.165) is 48.1 Å². The van der Waals surface area contributed by atoms with Crippen molar-refractivity contribution in [1.29, 1.82) is 0 Å². The number of imidazole rings is 1. The summed E-state index contributed by atoms with van der Waals surface area (Å²) in [6.45, 7) is 7.53. The highest BCUT2D eigenvalue weighted by molar-refractivity contribution is 5.93. The zero-order chi connectivity index (χ0) is 20.4. The molecule has 1 atom stereocenters. The third-order valence-corrected chi connectivity index (χ3v) is 5.46. The van der Waals surface area contributed by atoms with Crippen LogP contribution < -0.4 is 10.2 Å². The summed E-state index contributed by atoms with van der Waals surface area (Å²) < 4.78 is 1.90. The molecule has 7 nitrogen and oxygen atoms in total. The molecule has 1 aliphatic rings. The van der Waals surface area contributed by atoms with Gasteiger partial charge in [0.25, 0.3) is 0 Å². The fourth-order valence-electron chi connectivity index (χ4n) is 3.82. The van der Waals surface area contributed by atoms with Gasteiger partial charge in [0, 0.05) is 31.2 Å². The van der Waals surface area contributed by atoms with Crippen LogP contribution in [0.15, 0.2) is 42.7 Å². The van der Waals surface area contributed by atoms with Crippen molar-refractivity contribution in [2.75, 3.05) is 23.3 Å². The minimum atomic E-state index is -0.0678. The van der Waals surface area contributed by atoms with Crippen LogP contribution in [0.1, 0.15) is 29.8 Å². The molecule has 2 aromatic heterocycles. The van der Waals surface area contributed by atoms with E-state index >= 15 is 0 Å². The number of amides is 1. The first-order valence-corrected chi connectivity index (χ1v) is 9.98. The molecule has 1 saturated heterocycles.